The van der Waals surface area contributed by atoms with Crippen molar-refractivity contribution in [2.75, 3.05) is 13.2 Å². The molecular weight excluding hydrogens is 661 g/mol. The number of hydrogen-bond donors (Lipinski definition) is 0. The molecule has 53 heavy (non-hydrogen) atoms. The first kappa shape index (κ1) is 50.4. The molecule has 0 aliphatic rings. The Balaban J connectivity index is 4.44. The Labute approximate surface area is 327 Å². The number of rotatable bonds is 39. The third-order valence-electron chi connectivity index (χ3n) is 9.30. The van der Waals surface area contributed by atoms with Crippen LogP contribution in [0.4, 0.5) is 0 Å². The molecule has 0 aliphatic carbocycles. The van der Waals surface area contributed by atoms with Gasteiger partial charge in [0.25, 0.3) is 0 Å². The second-order valence-electron chi connectivity index (χ2n) is 14.6. The molecule has 0 saturated heterocycles. The van der Waals surface area contributed by atoms with Crippen LogP contribution in [0.25, 0.3) is 0 Å². The second kappa shape index (κ2) is 42.1. The minimum Gasteiger partial charge on any atom is -0.462 e. The fraction of sp³-hybridized carbons (Fsp3) is 0.766. The number of esters is 3. The van der Waals surface area contributed by atoms with Crippen molar-refractivity contribution in [3.8, 4) is 0 Å². The molecule has 0 rings (SSSR count). The Morgan fingerprint density at radius 3 is 1.13 bits per heavy atom. The summed E-state index contributed by atoms with van der Waals surface area (Å²) >= 11 is 0. The zero-order valence-electron chi connectivity index (χ0n) is 34.8. The van der Waals surface area contributed by atoms with Gasteiger partial charge in [-0.1, -0.05) is 153 Å². The normalized spacial score (nSPS) is 12.4. The molecule has 1 unspecified atom stereocenters. The highest BCUT2D eigenvalue weighted by Crippen LogP contribution is 2.13. The monoisotopic (exact) mass is 743 g/mol. The first-order chi connectivity index (χ1) is 26.0. The number of hydrogen-bond acceptors (Lipinski definition) is 6. The predicted octanol–water partition coefficient (Wildman–Crippen LogP) is 14.0. The van der Waals surface area contributed by atoms with Gasteiger partial charge >= 0.3 is 17.9 Å². The topological polar surface area (TPSA) is 78.9 Å². The lowest BCUT2D eigenvalue weighted by atomic mass is 10.1. The van der Waals surface area contributed by atoms with E-state index >= 15 is 0 Å². The lowest BCUT2D eigenvalue weighted by Crippen LogP contribution is -2.30. The van der Waals surface area contributed by atoms with Crippen molar-refractivity contribution in [2.24, 2.45) is 0 Å². The number of allylic oxidation sites excluding steroid dienone is 8. The molecule has 1 atom stereocenters. The zero-order valence-corrected chi connectivity index (χ0v) is 34.8. The van der Waals surface area contributed by atoms with Crippen LogP contribution in [0.2, 0.25) is 0 Å². The summed E-state index contributed by atoms with van der Waals surface area (Å²) in [5.74, 6) is -0.940. The van der Waals surface area contributed by atoms with Crippen molar-refractivity contribution >= 4 is 17.9 Å². The van der Waals surface area contributed by atoms with E-state index in [4.69, 9.17) is 14.2 Å². The van der Waals surface area contributed by atoms with E-state index in [-0.39, 0.29) is 31.1 Å². The minimum absolute atomic E-state index is 0.0897. The van der Waals surface area contributed by atoms with E-state index in [2.05, 4.69) is 69.4 Å². The average Bonchev–Trinajstić information content (AvgIpc) is 3.15. The molecule has 306 valence electrons. The van der Waals surface area contributed by atoms with Gasteiger partial charge < -0.3 is 14.2 Å². The maximum Gasteiger partial charge on any atom is 0.306 e. The van der Waals surface area contributed by atoms with Gasteiger partial charge in [-0.2, -0.15) is 0 Å². The van der Waals surface area contributed by atoms with Gasteiger partial charge in [0.15, 0.2) is 6.10 Å². The number of unbranched alkanes of at least 4 members (excludes halogenated alkanes) is 21. The Bertz CT molecular complexity index is 949. The van der Waals surface area contributed by atoms with Gasteiger partial charge in [-0.25, -0.2) is 0 Å². The molecule has 0 N–H and O–H groups in total. The highest BCUT2D eigenvalue weighted by Gasteiger charge is 2.19. The summed E-state index contributed by atoms with van der Waals surface area (Å²) < 4.78 is 16.6. The van der Waals surface area contributed by atoms with Crippen molar-refractivity contribution in [3.63, 3.8) is 0 Å². The van der Waals surface area contributed by atoms with Crippen molar-refractivity contribution in [3.05, 3.63) is 48.6 Å². The minimum atomic E-state index is -0.787. The molecule has 0 bridgehead atoms. The molecule has 0 spiro atoms. The molecule has 0 saturated carbocycles. The van der Waals surface area contributed by atoms with Gasteiger partial charge in [0.2, 0.25) is 0 Å². The first-order valence-corrected chi connectivity index (χ1v) is 22.2. The molecule has 6 heteroatoms. The summed E-state index contributed by atoms with van der Waals surface area (Å²) in [5, 5.41) is 0. The van der Waals surface area contributed by atoms with Crippen LogP contribution in [0.15, 0.2) is 48.6 Å². The van der Waals surface area contributed by atoms with E-state index in [1.165, 1.54) is 83.5 Å². The quantitative estimate of drug-likeness (QED) is 0.0205. The molecule has 0 radical (unpaired) electrons. The van der Waals surface area contributed by atoms with Crippen LogP contribution >= 0.6 is 0 Å². The SMILES string of the molecule is CCCC/C=C\C=C/CCCCCC(=O)OCC(COC(=O)CCCCCCC/C=C\CCCCC)OC(=O)CCCCCCC/C=C\CCCCC. The lowest BCUT2D eigenvalue weighted by molar-refractivity contribution is -0.167. The van der Waals surface area contributed by atoms with E-state index in [1.807, 2.05) is 0 Å². The standard InChI is InChI=1S/C47H82O6/c1-4-7-10-13-16-19-22-25-28-31-34-37-40-46(49)52-43-44(42-51-45(48)39-36-33-30-27-24-21-18-15-12-9-6-3)53-47(50)41-38-35-32-29-26-23-20-17-14-11-8-5-2/h15-21,24,44H,4-14,22-23,25-43H2,1-3H3/b18-15-,19-16-,20-17-,24-21-. The Hall–Kier alpha value is -2.63. The fourth-order valence-corrected chi connectivity index (χ4v) is 5.88. The number of carbonyl (C=O) groups excluding carboxylic acids is 3. The largest absolute Gasteiger partial charge is 0.462 e. The van der Waals surface area contributed by atoms with Crippen LogP contribution < -0.4 is 0 Å². The van der Waals surface area contributed by atoms with E-state index in [1.54, 1.807) is 0 Å². The van der Waals surface area contributed by atoms with Crippen LogP contribution in [-0.4, -0.2) is 37.2 Å². The van der Waals surface area contributed by atoms with E-state index < -0.39 is 6.10 Å². The molecule has 0 amide bonds. The predicted molar refractivity (Wildman–Crippen MR) is 224 cm³/mol. The van der Waals surface area contributed by atoms with Crippen molar-refractivity contribution in [2.45, 2.75) is 219 Å². The molecule has 0 heterocycles. The van der Waals surface area contributed by atoms with Crippen LogP contribution in [0.3, 0.4) is 0 Å². The van der Waals surface area contributed by atoms with Crippen LogP contribution in [0, 0.1) is 0 Å². The summed E-state index contributed by atoms with van der Waals surface area (Å²) in [6.07, 6.45) is 48.0. The first-order valence-electron chi connectivity index (χ1n) is 22.2. The van der Waals surface area contributed by atoms with Crippen molar-refractivity contribution < 1.29 is 28.6 Å². The molecule has 0 fully saturated rings. The Morgan fingerprint density at radius 1 is 0.377 bits per heavy atom. The molecule has 6 nitrogen and oxygen atoms in total. The number of ether oxygens (including phenoxy) is 3. The van der Waals surface area contributed by atoms with Gasteiger partial charge in [0.05, 0.1) is 0 Å². The maximum absolute atomic E-state index is 12.7. The molecular formula is C47H82O6. The second-order valence-corrected chi connectivity index (χ2v) is 14.6. The summed E-state index contributed by atoms with van der Waals surface area (Å²) in [5.41, 5.74) is 0. The summed E-state index contributed by atoms with van der Waals surface area (Å²) in [6, 6.07) is 0. The van der Waals surface area contributed by atoms with Gasteiger partial charge in [-0.3, -0.25) is 14.4 Å². The van der Waals surface area contributed by atoms with E-state index in [0.717, 1.165) is 89.9 Å². The van der Waals surface area contributed by atoms with Crippen molar-refractivity contribution in [1.82, 2.24) is 0 Å². The number of carbonyl (C=O) groups is 3. The van der Waals surface area contributed by atoms with Gasteiger partial charge in [-0.05, 0) is 89.9 Å². The Morgan fingerprint density at radius 2 is 0.698 bits per heavy atom. The van der Waals surface area contributed by atoms with Crippen LogP contribution in [-0.2, 0) is 28.6 Å². The zero-order chi connectivity index (χ0) is 38.7. The van der Waals surface area contributed by atoms with Crippen LogP contribution in [0.5, 0.6) is 0 Å². The van der Waals surface area contributed by atoms with E-state index in [0.29, 0.717) is 19.3 Å². The van der Waals surface area contributed by atoms with Gasteiger partial charge in [0.1, 0.15) is 13.2 Å². The van der Waals surface area contributed by atoms with Gasteiger partial charge in [0, 0.05) is 19.3 Å². The summed E-state index contributed by atoms with van der Waals surface area (Å²) in [4.78, 5) is 37.6. The fourth-order valence-electron chi connectivity index (χ4n) is 5.88. The highest BCUT2D eigenvalue weighted by molar-refractivity contribution is 5.71. The maximum atomic E-state index is 12.7. The smallest absolute Gasteiger partial charge is 0.306 e. The van der Waals surface area contributed by atoms with Gasteiger partial charge in [-0.15, -0.1) is 0 Å². The molecule has 0 aliphatic heterocycles. The van der Waals surface area contributed by atoms with Crippen molar-refractivity contribution in [1.29, 1.82) is 0 Å². The molecule has 0 aromatic heterocycles. The summed E-state index contributed by atoms with van der Waals surface area (Å²) in [7, 11) is 0. The van der Waals surface area contributed by atoms with Crippen LogP contribution in [0.1, 0.15) is 213 Å². The third-order valence-corrected chi connectivity index (χ3v) is 9.30. The van der Waals surface area contributed by atoms with E-state index in [9.17, 15) is 14.4 Å². The molecule has 0 aromatic carbocycles. The highest BCUT2D eigenvalue weighted by atomic mass is 16.6. The third kappa shape index (κ3) is 40.4. The molecule has 0 aromatic rings. The Kier molecular flexibility index (Phi) is 40.0. The average molecular weight is 743 g/mol. The lowest BCUT2D eigenvalue weighted by Gasteiger charge is -2.18. The summed E-state index contributed by atoms with van der Waals surface area (Å²) in [6.45, 7) is 6.48.